The fourth-order valence-electron chi connectivity index (χ4n) is 2.70. The molecule has 1 aromatic carbocycles. The lowest BCUT2D eigenvalue weighted by atomic mass is 9.84. The van der Waals surface area contributed by atoms with Crippen LogP contribution in [0.4, 0.5) is 17.6 Å². The monoisotopic (exact) mass is 404 g/mol. The lowest BCUT2D eigenvalue weighted by Crippen LogP contribution is -2.48. The van der Waals surface area contributed by atoms with E-state index < -0.39 is 41.0 Å². The SMILES string of the molecule is N#C/C=C/c1ccc(C(F)(F)C(O)(Cn2cnnn2)c2ccc(F)cc2F)nc1. The Hall–Kier alpha value is -3.65. The molecule has 3 aromatic rings. The first kappa shape index (κ1) is 20.1. The van der Waals surface area contributed by atoms with Crippen molar-refractivity contribution in [3.63, 3.8) is 0 Å². The molecule has 0 spiro atoms. The zero-order chi connectivity index (χ0) is 21.1. The van der Waals surface area contributed by atoms with Gasteiger partial charge in [0.2, 0.25) is 0 Å². The van der Waals surface area contributed by atoms with Gasteiger partial charge in [-0.3, -0.25) is 4.98 Å². The molecule has 0 aliphatic heterocycles. The van der Waals surface area contributed by atoms with E-state index in [4.69, 9.17) is 5.26 Å². The predicted octanol–water partition coefficient (Wildman–Crippen LogP) is 2.56. The van der Waals surface area contributed by atoms with Gasteiger partial charge in [-0.05, 0) is 40.3 Å². The average Bonchev–Trinajstić information content (AvgIpc) is 3.19. The first-order valence-electron chi connectivity index (χ1n) is 8.07. The number of halogens is 4. The van der Waals surface area contributed by atoms with Crippen molar-refractivity contribution < 1.29 is 22.7 Å². The topological polar surface area (TPSA) is 101 Å². The molecular formula is C18H12F4N6O. The van der Waals surface area contributed by atoms with Gasteiger partial charge in [0.25, 0.3) is 0 Å². The van der Waals surface area contributed by atoms with Crippen LogP contribution in [0.3, 0.4) is 0 Å². The summed E-state index contributed by atoms with van der Waals surface area (Å²) >= 11 is 0. The molecule has 1 atom stereocenters. The molecule has 0 amide bonds. The van der Waals surface area contributed by atoms with Crippen molar-refractivity contribution in [1.29, 1.82) is 5.26 Å². The first-order chi connectivity index (χ1) is 13.8. The quantitative estimate of drug-likeness (QED) is 0.501. The molecule has 0 aliphatic rings. The molecule has 0 bridgehead atoms. The summed E-state index contributed by atoms with van der Waals surface area (Å²) in [5.74, 6) is -6.49. The number of alkyl halides is 2. The zero-order valence-electron chi connectivity index (χ0n) is 14.5. The van der Waals surface area contributed by atoms with Crippen LogP contribution in [0.5, 0.6) is 0 Å². The van der Waals surface area contributed by atoms with Crippen molar-refractivity contribution >= 4 is 6.08 Å². The molecule has 1 N–H and O–H groups in total. The molecule has 2 heterocycles. The molecule has 0 aliphatic carbocycles. The molecule has 0 saturated carbocycles. The molecule has 1 unspecified atom stereocenters. The molecule has 0 fully saturated rings. The number of allylic oxidation sites excluding steroid dienone is 1. The van der Waals surface area contributed by atoms with Crippen molar-refractivity contribution in [2.45, 2.75) is 18.1 Å². The second-order valence-electron chi connectivity index (χ2n) is 6.01. The molecule has 11 heteroatoms. The average molecular weight is 404 g/mol. The van der Waals surface area contributed by atoms with Gasteiger partial charge < -0.3 is 5.11 Å². The maximum Gasteiger partial charge on any atom is 0.323 e. The summed E-state index contributed by atoms with van der Waals surface area (Å²) in [6, 6.07) is 5.81. The molecule has 2 aromatic heterocycles. The van der Waals surface area contributed by atoms with E-state index in [0.717, 1.165) is 41.5 Å². The Bertz CT molecular complexity index is 1060. The number of aromatic nitrogens is 5. The third-order valence-corrected chi connectivity index (χ3v) is 4.14. The summed E-state index contributed by atoms with van der Waals surface area (Å²) in [5, 5.41) is 29.6. The normalized spacial score (nSPS) is 13.9. The van der Waals surface area contributed by atoms with E-state index in [1.54, 1.807) is 6.07 Å². The number of hydrogen-bond donors (Lipinski definition) is 1. The Morgan fingerprint density at radius 3 is 2.59 bits per heavy atom. The number of nitrogens with zero attached hydrogens (tertiary/aromatic N) is 6. The first-order valence-corrected chi connectivity index (χ1v) is 8.07. The van der Waals surface area contributed by atoms with Gasteiger partial charge in [-0.1, -0.05) is 6.07 Å². The van der Waals surface area contributed by atoms with Crippen molar-refractivity contribution in [3.8, 4) is 6.07 Å². The van der Waals surface area contributed by atoms with Crippen LogP contribution in [-0.4, -0.2) is 30.3 Å². The molecular weight excluding hydrogens is 392 g/mol. The minimum Gasteiger partial charge on any atom is -0.377 e. The standard InChI is InChI=1S/C18H12F4N6O/c19-13-4-5-14(15(20)8-13)17(29,10-28-11-25-26-27-28)18(21,22)16-6-3-12(9-24-16)2-1-7-23/h1-6,8-9,11,29H,10H2/b2-1+. The highest BCUT2D eigenvalue weighted by Crippen LogP contribution is 2.46. The van der Waals surface area contributed by atoms with Crippen LogP contribution in [0.15, 0.2) is 48.9 Å². The summed E-state index contributed by atoms with van der Waals surface area (Å²) in [7, 11) is 0. The Morgan fingerprint density at radius 1 is 1.21 bits per heavy atom. The van der Waals surface area contributed by atoms with E-state index in [9.17, 15) is 13.9 Å². The second-order valence-corrected chi connectivity index (χ2v) is 6.01. The molecule has 0 radical (unpaired) electrons. The van der Waals surface area contributed by atoms with Crippen LogP contribution in [-0.2, 0) is 18.1 Å². The number of tetrazole rings is 1. The fourth-order valence-corrected chi connectivity index (χ4v) is 2.70. The van der Waals surface area contributed by atoms with E-state index in [1.807, 2.05) is 0 Å². The Morgan fingerprint density at radius 2 is 2.00 bits per heavy atom. The summed E-state index contributed by atoms with van der Waals surface area (Å²) in [4.78, 5) is 3.64. The highest BCUT2D eigenvalue weighted by atomic mass is 19.3. The Balaban J connectivity index is 2.11. The van der Waals surface area contributed by atoms with Gasteiger partial charge >= 0.3 is 5.92 Å². The Kier molecular flexibility index (Phi) is 5.38. The van der Waals surface area contributed by atoms with Crippen LogP contribution in [0.25, 0.3) is 6.08 Å². The maximum absolute atomic E-state index is 15.4. The summed E-state index contributed by atoms with van der Waals surface area (Å²) < 4.78 is 59.3. The molecule has 0 saturated heterocycles. The van der Waals surface area contributed by atoms with E-state index in [-0.39, 0.29) is 0 Å². The molecule has 29 heavy (non-hydrogen) atoms. The van der Waals surface area contributed by atoms with Crippen LogP contribution < -0.4 is 0 Å². The van der Waals surface area contributed by atoms with E-state index in [2.05, 4.69) is 20.5 Å². The van der Waals surface area contributed by atoms with Crippen LogP contribution in [0, 0.1) is 23.0 Å². The minimum atomic E-state index is -4.13. The van der Waals surface area contributed by atoms with Gasteiger partial charge in [0, 0.05) is 23.9 Å². The third-order valence-electron chi connectivity index (χ3n) is 4.14. The van der Waals surface area contributed by atoms with Gasteiger partial charge in [0.15, 0.2) is 5.60 Å². The van der Waals surface area contributed by atoms with Gasteiger partial charge in [0.1, 0.15) is 23.7 Å². The lowest BCUT2D eigenvalue weighted by molar-refractivity contribution is -0.207. The highest BCUT2D eigenvalue weighted by Gasteiger charge is 2.57. The van der Waals surface area contributed by atoms with E-state index in [0.29, 0.717) is 11.6 Å². The van der Waals surface area contributed by atoms with Crippen LogP contribution in [0.1, 0.15) is 16.8 Å². The molecule has 7 nitrogen and oxygen atoms in total. The van der Waals surface area contributed by atoms with Crippen LogP contribution >= 0.6 is 0 Å². The fraction of sp³-hybridized carbons (Fsp3) is 0.167. The summed E-state index contributed by atoms with van der Waals surface area (Å²) in [6.07, 6.45) is 4.51. The predicted molar refractivity (Wildman–Crippen MR) is 90.8 cm³/mol. The number of rotatable bonds is 6. The smallest absolute Gasteiger partial charge is 0.323 e. The lowest BCUT2D eigenvalue weighted by Gasteiger charge is -2.35. The third kappa shape index (κ3) is 3.83. The maximum atomic E-state index is 15.4. The van der Waals surface area contributed by atoms with Gasteiger partial charge in [0.05, 0.1) is 12.6 Å². The van der Waals surface area contributed by atoms with Crippen molar-refractivity contribution in [3.05, 3.63) is 77.4 Å². The Labute approximate surface area is 161 Å². The van der Waals surface area contributed by atoms with Crippen molar-refractivity contribution in [1.82, 2.24) is 25.2 Å². The summed E-state index contributed by atoms with van der Waals surface area (Å²) in [6.45, 7) is -0.937. The number of nitriles is 1. The minimum absolute atomic E-state index is 0.364. The highest BCUT2D eigenvalue weighted by molar-refractivity contribution is 5.50. The zero-order valence-corrected chi connectivity index (χ0v) is 14.5. The second kappa shape index (κ2) is 7.76. The van der Waals surface area contributed by atoms with Gasteiger partial charge in [-0.15, -0.1) is 5.10 Å². The van der Waals surface area contributed by atoms with Crippen LogP contribution in [0.2, 0.25) is 0 Å². The number of hydrogen-bond acceptors (Lipinski definition) is 6. The van der Waals surface area contributed by atoms with Gasteiger partial charge in [-0.25, -0.2) is 13.5 Å². The molecule has 148 valence electrons. The van der Waals surface area contributed by atoms with Crippen molar-refractivity contribution in [2.75, 3.05) is 0 Å². The van der Waals surface area contributed by atoms with E-state index in [1.165, 1.54) is 12.1 Å². The van der Waals surface area contributed by atoms with Gasteiger partial charge in [-0.2, -0.15) is 14.0 Å². The van der Waals surface area contributed by atoms with Crippen molar-refractivity contribution in [2.24, 2.45) is 0 Å². The summed E-state index contributed by atoms with van der Waals surface area (Å²) in [5.41, 5.74) is -4.55. The number of benzene rings is 1. The number of pyridine rings is 1. The largest absolute Gasteiger partial charge is 0.377 e. The number of aliphatic hydroxyl groups is 1. The van der Waals surface area contributed by atoms with E-state index >= 15 is 8.78 Å². The molecule has 3 rings (SSSR count).